The molecule has 0 atom stereocenters. The fourth-order valence-corrected chi connectivity index (χ4v) is 1.65. The van der Waals surface area contributed by atoms with Crippen LogP contribution in [0.5, 0.6) is 5.75 Å². The summed E-state index contributed by atoms with van der Waals surface area (Å²) >= 11 is 0. The molecule has 1 heterocycles. The van der Waals surface area contributed by atoms with Gasteiger partial charge in [-0.2, -0.15) is 0 Å². The molecule has 0 saturated heterocycles. The van der Waals surface area contributed by atoms with Crippen LogP contribution in [0.3, 0.4) is 0 Å². The van der Waals surface area contributed by atoms with Gasteiger partial charge >= 0.3 is 0 Å². The van der Waals surface area contributed by atoms with E-state index in [4.69, 9.17) is 10.5 Å². The van der Waals surface area contributed by atoms with Crippen LogP contribution in [0.2, 0.25) is 0 Å². The smallest absolute Gasteiger partial charge is 0.178 e. The van der Waals surface area contributed by atoms with Crippen molar-refractivity contribution in [2.24, 2.45) is 5.73 Å². The highest BCUT2D eigenvalue weighted by Crippen LogP contribution is 2.28. The molecule has 0 aliphatic rings. The van der Waals surface area contributed by atoms with Crippen LogP contribution in [-0.2, 0) is 0 Å². The largest absolute Gasteiger partial charge is 0.496 e. The Balaban J connectivity index is 2.71. The monoisotopic (exact) mass is 204 g/mol. The van der Waals surface area contributed by atoms with Gasteiger partial charge in [-0.1, -0.05) is 6.07 Å². The van der Waals surface area contributed by atoms with E-state index in [-0.39, 0.29) is 12.3 Å². The van der Waals surface area contributed by atoms with Gasteiger partial charge in [0, 0.05) is 17.3 Å². The van der Waals surface area contributed by atoms with Gasteiger partial charge in [0.2, 0.25) is 0 Å². The number of hydrogen-bond donors (Lipinski definition) is 2. The van der Waals surface area contributed by atoms with E-state index < -0.39 is 0 Å². The van der Waals surface area contributed by atoms with E-state index in [2.05, 4.69) is 4.98 Å². The van der Waals surface area contributed by atoms with Crippen molar-refractivity contribution in [2.45, 2.75) is 0 Å². The lowest BCUT2D eigenvalue weighted by molar-refractivity contribution is 0.100. The fraction of sp³-hybridized carbons (Fsp3) is 0.182. The predicted molar refractivity (Wildman–Crippen MR) is 58.2 cm³/mol. The first-order valence-electron chi connectivity index (χ1n) is 4.65. The Morgan fingerprint density at radius 1 is 1.53 bits per heavy atom. The van der Waals surface area contributed by atoms with Gasteiger partial charge in [-0.05, 0) is 12.1 Å². The molecule has 0 saturated carbocycles. The molecule has 0 bridgehead atoms. The Kier molecular flexibility index (Phi) is 2.43. The molecule has 0 radical (unpaired) electrons. The number of nitrogens with one attached hydrogen (secondary N) is 1. The van der Waals surface area contributed by atoms with Crippen molar-refractivity contribution in [3.63, 3.8) is 0 Å². The molecule has 0 aliphatic carbocycles. The van der Waals surface area contributed by atoms with E-state index in [0.29, 0.717) is 11.3 Å². The zero-order valence-electron chi connectivity index (χ0n) is 8.41. The molecule has 2 aromatic rings. The summed E-state index contributed by atoms with van der Waals surface area (Å²) in [6.07, 6.45) is 1.67. The second kappa shape index (κ2) is 3.74. The minimum Gasteiger partial charge on any atom is -0.496 e. The van der Waals surface area contributed by atoms with Gasteiger partial charge in [0.15, 0.2) is 5.78 Å². The highest BCUT2D eigenvalue weighted by atomic mass is 16.5. The minimum absolute atomic E-state index is 0.00496. The van der Waals surface area contributed by atoms with Crippen LogP contribution in [-0.4, -0.2) is 24.4 Å². The summed E-state index contributed by atoms with van der Waals surface area (Å²) in [6.45, 7) is 0.00496. The molecule has 0 amide bonds. The lowest BCUT2D eigenvalue weighted by Crippen LogP contribution is -2.13. The van der Waals surface area contributed by atoms with Gasteiger partial charge < -0.3 is 15.5 Å². The Morgan fingerprint density at radius 3 is 3.00 bits per heavy atom. The van der Waals surface area contributed by atoms with Crippen LogP contribution < -0.4 is 10.5 Å². The lowest BCUT2D eigenvalue weighted by atomic mass is 10.1. The number of methoxy groups -OCH3 is 1. The standard InChI is InChI=1S/C11H12N2O2/c1-15-10-4-2-3-8-11(10)7(6-13-8)9(14)5-12/h2-4,6,13H,5,12H2,1H3. The number of ketones is 1. The Hall–Kier alpha value is -1.81. The highest BCUT2D eigenvalue weighted by molar-refractivity contribution is 6.10. The number of fused-ring (bicyclic) bond motifs is 1. The molecule has 0 spiro atoms. The van der Waals surface area contributed by atoms with Gasteiger partial charge in [-0.25, -0.2) is 0 Å². The number of carbonyl (C=O) groups is 1. The number of H-pyrrole nitrogens is 1. The first-order valence-corrected chi connectivity index (χ1v) is 4.65. The zero-order chi connectivity index (χ0) is 10.8. The highest BCUT2D eigenvalue weighted by Gasteiger charge is 2.13. The summed E-state index contributed by atoms with van der Waals surface area (Å²) in [5, 5.41) is 0.801. The van der Waals surface area contributed by atoms with Crippen LogP contribution in [0.1, 0.15) is 10.4 Å². The average Bonchev–Trinajstić information content (AvgIpc) is 2.71. The molecule has 2 rings (SSSR count). The van der Waals surface area contributed by atoms with Crippen molar-refractivity contribution in [3.8, 4) is 5.75 Å². The van der Waals surface area contributed by atoms with Crippen LogP contribution in [0, 0.1) is 0 Å². The number of aromatic nitrogens is 1. The Bertz CT molecular complexity index is 502. The number of nitrogens with two attached hydrogens (primary N) is 1. The summed E-state index contributed by atoms with van der Waals surface area (Å²) in [5.74, 6) is 0.594. The fourth-order valence-electron chi connectivity index (χ4n) is 1.65. The third kappa shape index (κ3) is 1.49. The lowest BCUT2D eigenvalue weighted by Gasteiger charge is -2.03. The normalized spacial score (nSPS) is 10.5. The van der Waals surface area contributed by atoms with E-state index >= 15 is 0 Å². The molecule has 1 aromatic carbocycles. The average molecular weight is 204 g/mol. The Labute approximate surface area is 87.0 Å². The zero-order valence-corrected chi connectivity index (χ0v) is 8.41. The van der Waals surface area contributed by atoms with Crippen molar-refractivity contribution >= 4 is 16.7 Å². The van der Waals surface area contributed by atoms with Gasteiger partial charge in [0.25, 0.3) is 0 Å². The van der Waals surface area contributed by atoms with E-state index in [1.807, 2.05) is 18.2 Å². The Morgan fingerprint density at radius 2 is 2.33 bits per heavy atom. The first-order chi connectivity index (χ1) is 7.27. The quantitative estimate of drug-likeness (QED) is 0.741. The van der Waals surface area contributed by atoms with Crippen molar-refractivity contribution in [2.75, 3.05) is 13.7 Å². The summed E-state index contributed by atoms with van der Waals surface area (Å²) < 4.78 is 5.21. The number of ether oxygens (including phenoxy) is 1. The molecule has 1 aromatic heterocycles. The molecule has 15 heavy (non-hydrogen) atoms. The third-order valence-electron chi connectivity index (χ3n) is 2.37. The van der Waals surface area contributed by atoms with E-state index in [9.17, 15) is 4.79 Å². The van der Waals surface area contributed by atoms with E-state index in [0.717, 1.165) is 10.9 Å². The maximum Gasteiger partial charge on any atom is 0.178 e. The van der Waals surface area contributed by atoms with Crippen molar-refractivity contribution < 1.29 is 9.53 Å². The number of hydrogen-bond acceptors (Lipinski definition) is 3. The molecular formula is C11H12N2O2. The molecule has 0 aliphatic heterocycles. The molecule has 4 nitrogen and oxygen atoms in total. The number of Topliss-reactive ketones (excluding diaryl/α,β-unsaturated/α-hetero) is 1. The van der Waals surface area contributed by atoms with Crippen LogP contribution in [0.25, 0.3) is 10.9 Å². The topological polar surface area (TPSA) is 68.1 Å². The summed E-state index contributed by atoms with van der Waals surface area (Å²) in [5.41, 5.74) is 6.81. The van der Waals surface area contributed by atoms with Gasteiger partial charge in [-0.15, -0.1) is 0 Å². The van der Waals surface area contributed by atoms with Crippen molar-refractivity contribution in [3.05, 3.63) is 30.0 Å². The number of rotatable bonds is 3. The molecular weight excluding hydrogens is 192 g/mol. The number of benzene rings is 1. The molecule has 4 heteroatoms. The van der Waals surface area contributed by atoms with Gasteiger partial charge in [-0.3, -0.25) is 4.79 Å². The van der Waals surface area contributed by atoms with E-state index in [1.165, 1.54) is 0 Å². The summed E-state index contributed by atoms with van der Waals surface area (Å²) in [7, 11) is 1.58. The van der Waals surface area contributed by atoms with Gasteiger partial charge in [0.05, 0.1) is 19.0 Å². The first kappa shape index (κ1) is 9.73. The van der Waals surface area contributed by atoms with E-state index in [1.54, 1.807) is 13.3 Å². The molecule has 0 fully saturated rings. The molecule has 0 unspecified atom stereocenters. The maximum absolute atomic E-state index is 11.6. The minimum atomic E-state index is -0.0919. The SMILES string of the molecule is COc1cccc2[nH]cc(C(=O)CN)c12. The predicted octanol–water partition coefficient (Wildman–Crippen LogP) is 1.32. The van der Waals surface area contributed by atoms with Crippen LogP contribution in [0.4, 0.5) is 0 Å². The summed E-state index contributed by atoms with van der Waals surface area (Å²) in [6, 6.07) is 5.59. The second-order valence-electron chi connectivity index (χ2n) is 3.21. The molecule has 78 valence electrons. The number of aromatic amines is 1. The van der Waals surface area contributed by atoms with Gasteiger partial charge in [0.1, 0.15) is 5.75 Å². The van der Waals surface area contributed by atoms with Crippen molar-refractivity contribution in [1.29, 1.82) is 0 Å². The number of carbonyl (C=O) groups excluding carboxylic acids is 1. The maximum atomic E-state index is 11.6. The van der Waals surface area contributed by atoms with Crippen molar-refractivity contribution in [1.82, 2.24) is 4.98 Å². The van der Waals surface area contributed by atoms with Crippen LogP contribution in [0.15, 0.2) is 24.4 Å². The molecule has 3 N–H and O–H groups in total. The summed E-state index contributed by atoms with van der Waals surface area (Å²) in [4.78, 5) is 14.6. The van der Waals surface area contributed by atoms with Crippen LogP contribution >= 0.6 is 0 Å². The second-order valence-corrected chi connectivity index (χ2v) is 3.21. The third-order valence-corrected chi connectivity index (χ3v) is 2.37.